The molecule has 0 atom stereocenters. The van der Waals surface area contributed by atoms with Gasteiger partial charge < -0.3 is 9.80 Å². The minimum Gasteiger partial charge on any atom is -0.370 e. The van der Waals surface area contributed by atoms with Gasteiger partial charge in [-0.1, -0.05) is 12.8 Å². The van der Waals surface area contributed by atoms with Crippen molar-refractivity contribution in [2.45, 2.75) is 32.1 Å². The highest BCUT2D eigenvalue weighted by molar-refractivity contribution is 5.92. The molecule has 3 heterocycles. The molecule has 1 aliphatic rings. The van der Waals surface area contributed by atoms with Gasteiger partial charge in [0.05, 0.1) is 11.9 Å². The molecule has 3 rings (SSSR count). The first-order valence-corrected chi connectivity index (χ1v) is 9.09. The van der Waals surface area contributed by atoms with Crippen molar-refractivity contribution in [1.82, 2.24) is 14.9 Å². The van der Waals surface area contributed by atoms with Crippen molar-refractivity contribution in [3.8, 4) is 0 Å². The zero-order chi connectivity index (χ0) is 17.5. The van der Waals surface area contributed by atoms with Gasteiger partial charge in [0.1, 0.15) is 5.69 Å². The molecule has 1 aliphatic heterocycles. The Morgan fingerprint density at radius 3 is 2.44 bits per heavy atom. The van der Waals surface area contributed by atoms with Gasteiger partial charge >= 0.3 is 0 Å². The van der Waals surface area contributed by atoms with Gasteiger partial charge in [0.25, 0.3) is 5.91 Å². The third-order valence-electron chi connectivity index (χ3n) is 4.77. The maximum absolute atomic E-state index is 12.5. The van der Waals surface area contributed by atoms with Gasteiger partial charge in [-0.15, -0.1) is 0 Å². The van der Waals surface area contributed by atoms with Crippen LogP contribution in [-0.2, 0) is 6.42 Å². The number of hydrogen-bond donors (Lipinski definition) is 0. The van der Waals surface area contributed by atoms with Crippen molar-refractivity contribution in [2.24, 2.45) is 0 Å². The monoisotopic (exact) mass is 338 g/mol. The number of rotatable bonds is 5. The van der Waals surface area contributed by atoms with Gasteiger partial charge in [0.15, 0.2) is 0 Å². The lowest BCUT2D eigenvalue weighted by Gasteiger charge is -2.22. The number of carbonyl (C=O) groups excluding carboxylic acids is 1. The second-order valence-corrected chi connectivity index (χ2v) is 6.64. The van der Waals surface area contributed by atoms with E-state index in [0.29, 0.717) is 12.2 Å². The van der Waals surface area contributed by atoms with Gasteiger partial charge in [0, 0.05) is 39.1 Å². The molecule has 2 aromatic rings. The summed E-state index contributed by atoms with van der Waals surface area (Å²) >= 11 is 0. The molecule has 0 aliphatic carbocycles. The van der Waals surface area contributed by atoms with E-state index in [-0.39, 0.29) is 5.91 Å². The summed E-state index contributed by atoms with van der Waals surface area (Å²) in [4.78, 5) is 25.1. The van der Waals surface area contributed by atoms with Crippen LogP contribution >= 0.6 is 0 Å². The average Bonchev–Trinajstić information content (AvgIpc) is 2.96. The van der Waals surface area contributed by atoms with Crippen LogP contribution in [0.1, 0.15) is 41.7 Å². The van der Waals surface area contributed by atoms with Gasteiger partial charge in [-0.2, -0.15) is 0 Å². The molecule has 25 heavy (non-hydrogen) atoms. The minimum absolute atomic E-state index is 0.0310. The fourth-order valence-electron chi connectivity index (χ4n) is 3.17. The van der Waals surface area contributed by atoms with Gasteiger partial charge in [-0.25, -0.2) is 4.98 Å². The second-order valence-electron chi connectivity index (χ2n) is 6.64. The van der Waals surface area contributed by atoms with Crippen molar-refractivity contribution < 1.29 is 4.79 Å². The lowest BCUT2D eigenvalue weighted by molar-refractivity contribution is 0.0791. The maximum Gasteiger partial charge on any atom is 0.272 e. The standard InChI is InChI=1S/C20H26N4O/c1-23(15-10-17-8-11-21-12-9-17)20(25)19-7-6-18(16-22-19)24-13-4-2-3-5-14-24/h6-9,11-12,16H,2-5,10,13-15H2,1H3. The molecule has 0 spiro atoms. The van der Waals surface area contributed by atoms with E-state index in [1.165, 1.54) is 31.2 Å². The van der Waals surface area contributed by atoms with Crippen LogP contribution in [0.3, 0.4) is 0 Å². The van der Waals surface area contributed by atoms with Crippen LogP contribution in [0.25, 0.3) is 0 Å². The van der Waals surface area contributed by atoms with Gasteiger partial charge in [-0.05, 0) is 49.1 Å². The highest BCUT2D eigenvalue weighted by Crippen LogP contribution is 2.19. The Balaban J connectivity index is 1.57. The van der Waals surface area contributed by atoms with Gasteiger partial charge in [0.2, 0.25) is 0 Å². The van der Waals surface area contributed by atoms with E-state index in [4.69, 9.17) is 0 Å². The summed E-state index contributed by atoms with van der Waals surface area (Å²) in [5.74, 6) is -0.0310. The minimum atomic E-state index is -0.0310. The quantitative estimate of drug-likeness (QED) is 0.840. The van der Waals surface area contributed by atoms with Crippen LogP contribution in [-0.4, -0.2) is 47.5 Å². The van der Waals surface area contributed by atoms with Crippen molar-refractivity contribution in [1.29, 1.82) is 0 Å². The summed E-state index contributed by atoms with van der Waals surface area (Å²) in [6, 6.07) is 7.84. The molecule has 1 fully saturated rings. The van der Waals surface area contributed by atoms with E-state index in [2.05, 4.69) is 14.9 Å². The van der Waals surface area contributed by atoms with Crippen LogP contribution in [0.2, 0.25) is 0 Å². The van der Waals surface area contributed by atoms with E-state index in [0.717, 1.165) is 25.2 Å². The normalized spacial score (nSPS) is 14.8. The number of nitrogens with zero attached hydrogens (tertiary/aromatic N) is 4. The number of carbonyl (C=O) groups is 1. The second kappa shape index (κ2) is 8.60. The molecule has 0 saturated carbocycles. The predicted molar refractivity (Wildman–Crippen MR) is 99.8 cm³/mol. The molecule has 0 unspecified atom stereocenters. The van der Waals surface area contributed by atoms with E-state index in [1.807, 2.05) is 37.5 Å². The van der Waals surface area contributed by atoms with Crippen LogP contribution < -0.4 is 4.90 Å². The zero-order valence-corrected chi connectivity index (χ0v) is 14.9. The Morgan fingerprint density at radius 2 is 1.80 bits per heavy atom. The average molecular weight is 338 g/mol. The van der Waals surface area contributed by atoms with Gasteiger partial charge in [-0.3, -0.25) is 9.78 Å². The number of aromatic nitrogens is 2. The molecule has 1 saturated heterocycles. The van der Waals surface area contributed by atoms with Crippen LogP contribution in [0.4, 0.5) is 5.69 Å². The third-order valence-corrected chi connectivity index (χ3v) is 4.77. The fourth-order valence-corrected chi connectivity index (χ4v) is 3.17. The van der Waals surface area contributed by atoms with E-state index in [9.17, 15) is 4.79 Å². The lowest BCUT2D eigenvalue weighted by atomic mass is 10.2. The Kier molecular flexibility index (Phi) is 5.99. The lowest BCUT2D eigenvalue weighted by Crippen LogP contribution is -2.30. The number of pyridine rings is 2. The zero-order valence-electron chi connectivity index (χ0n) is 14.9. The van der Waals surface area contributed by atoms with E-state index < -0.39 is 0 Å². The summed E-state index contributed by atoms with van der Waals surface area (Å²) in [5.41, 5.74) is 2.81. The maximum atomic E-state index is 12.5. The van der Waals surface area contributed by atoms with Crippen LogP contribution in [0.15, 0.2) is 42.9 Å². The first-order chi connectivity index (χ1) is 12.2. The molecule has 2 aromatic heterocycles. The first-order valence-electron chi connectivity index (χ1n) is 9.09. The Labute approximate surface area is 149 Å². The Morgan fingerprint density at radius 1 is 1.08 bits per heavy atom. The molecule has 5 nitrogen and oxygen atoms in total. The molecule has 0 aromatic carbocycles. The van der Waals surface area contributed by atoms with Crippen LogP contribution in [0.5, 0.6) is 0 Å². The number of amides is 1. The SMILES string of the molecule is CN(CCc1ccncc1)C(=O)c1ccc(N2CCCCCC2)cn1. The number of likely N-dealkylation sites (N-methyl/N-ethyl adjacent to an activating group) is 1. The van der Waals surface area contributed by atoms with Crippen molar-refractivity contribution in [3.63, 3.8) is 0 Å². The van der Waals surface area contributed by atoms with E-state index in [1.54, 1.807) is 17.3 Å². The summed E-state index contributed by atoms with van der Waals surface area (Å²) in [5, 5.41) is 0. The molecule has 0 bridgehead atoms. The molecular weight excluding hydrogens is 312 g/mol. The molecule has 132 valence electrons. The van der Waals surface area contributed by atoms with Crippen molar-refractivity contribution >= 4 is 11.6 Å². The van der Waals surface area contributed by atoms with Crippen LogP contribution in [0, 0.1) is 0 Å². The summed E-state index contributed by atoms with van der Waals surface area (Å²) < 4.78 is 0. The highest BCUT2D eigenvalue weighted by atomic mass is 16.2. The highest BCUT2D eigenvalue weighted by Gasteiger charge is 2.15. The molecule has 0 N–H and O–H groups in total. The Bertz CT molecular complexity index is 664. The summed E-state index contributed by atoms with van der Waals surface area (Å²) in [7, 11) is 1.83. The number of hydrogen-bond acceptors (Lipinski definition) is 4. The number of anilines is 1. The molecule has 1 amide bonds. The van der Waals surface area contributed by atoms with Crippen molar-refractivity contribution in [2.75, 3.05) is 31.6 Å². The largest absolute Gasteiger partial charge is 0.370 e. The molecule has 0 radical (unpaired) electrons. The molecule has 5 heteroatoms. The topological polar surface area (TPSA) is 49.3 Å². The Hall–Kier alpha value is -2.43. The summed E-state index contributed by atoms with van der Waals surface area (Å²) in [6.07, 6.45) is 11.3. The van der Waals surface area contributed by atoms with Crippen molar-refractivity contribution in [3.05, 3.63) is 54.1 Å². The first kappa shape index (κ1) is 17.4. The predicted octanol–water partition coefficient (Wildman–Crippen LogP) is 3.17. The molecular formula is C20H26N4O. The van der Waals surface area contributed by atoms with E-state index >= 15 is 0 Å². The smallest absolute Gasteiger partial charge is 0.272 e. The third kappa shape index (κ3) is 4.78. The summed E-state index contributed by atoms with van der Waals surface area (Å²) in [6.45, 7) is 2.83. The fraction of sp³-hybridized carbons (Fsp3) is 0.450.